The molecule has 10 nitrogen and oxygen atoms in total. The topological polar surface area (TPSA) is 153 Å². The average molecular weight is 391 g/mol. The molecule has 2 rings (SSSR count). The van der Waals surface area contributed by atoms with Crippen LogP contribution in [0.3, 0.4) is 0 Å². The molecule has 1 aromatic rings. The number of benzene rings is 1. The van der Waals surface area contributed by atoms with E-state index in [2.05, 4.69) is 21.9 Å². The number of aryl methyl sites for hydroxylation is 1. The average Bonchev–Trinajstić information content (AvgIpc) is 3.02. The fourth-order valence-corrected chi connectivity index (χ4v) is 2.53. The number of carboxylic acids is 1. The van der Waals surface area contributed by atoms with E-state index in [0.29, 0.717) is 36.9 Å². The van der Waals surface area contributed by atoms with Gasteiger partial charge in [0.05, 0.1) is 4.92 Å². The van der Waals surface area contributed by atoms with Gasteiger partial charge in [0.25, 0.3) is 12.4 Å². The summed E-state index contributed by atoms with van der Waals surface area (Å²) in [5.41, 5.74) is 1.09. The minimum absolute atomic E-state index is 0.0328. The van der Waals surface area contributed by atoms with Crippen LogP contribution in [0.4, 0.5) is 11.4 Å². The fraction of sp³-hybridized carbons (Fsp3) is 0.444. The Balaban J connectivity index is 0.000000467. The first-order valence-electron chi connectivity index (χ1n) is 8.82. The first-order chi connectivity index (χ1) is 13.3. The molecule has 0 radical (unpaired) electrons. The molecule has 0 bridgehead atoms. The maximum atomic E-state index is 11.0. The van der Waals surface area contributed by atoms with E-state index in [0.717, 1.165) is 19.3 Å². The second-order valence-electron chi connectivity index (χ2n) is 6.09. The van der Waals surface area contributed by atoms with Crippen molar-refractivity contribution in [2.75, 3.05) is 0 Å². The number of nitro benzene ring substituents is 1. The van der Waals surface area contributed by atoms with Crippen LogP contribution in [0.2, 0.25) is 0 Å². The molecular weight excluding hydrogens is 368 g/mol. The summed E-state index contributed by atoms with van der Waals surface area (Å²) in [6.07, 6.45) is 4.60. The Bertz CT molecular complexity index is 772. The second-order valence-corrected chi connectivity index (χ2v) is 6.09. The Morgan fingerprint density at radius 1 is 1.21 bits per heavy atom. The Morgan fingerprint density at radius 3 is 2.36 bits per heavy atom. The Morgan fingerprint density at radius 2 is 1.86 bits per heavy atom. The zero-order chi connectivity index (χ0) is 20.9. The summed E-state index contributed by atoms with van der Waals surface area (Å²) in [5.74, 6) is -1.09. The van der Waals surface area contributed by atoms with E-state index in [9.17, 15) is 24.5 Å². The molecule has 1 aliphatic heterocycles. The van der Waals surface area contributed by atoms with Crippen LogP contribution in [0.1, 0.15) is 50.5 Å². The van der Waals surface area contributed by atoms with Gasteiger partial charge in [-0.05, 0) is 31.4 Å². The van der Waals surface area contributed by atoms with Crippen molar-refractivity contribution >= 4 is 35.9 Å². The van der Waals surface area contributed by atoms with Crippen molar-refractivity contribution in [3.05, 3.63) is 33.9 Å². The van der Waals surface area contributed by atoms with Crippen molar-refractivity contribution in [3.63, 3.8) is 0 Å². The highest BCUT2D eigenvalue weighted by Gasteiger charge is 2.16. The standard InChI is InChI=1S/C14H17N3O4.C4H5NO2/c1-15-16-12-9-8-11(13(10-12)17(20)21)6-4-2-3-5-7-14(18)19;6-3-1-2-4(7)5-3/h8-10H,1-7H2;1-2H2,(H,5,6,7)/p+1. The van der Waals surface area contributed by atoms with Gasteiger partial charge < -0.3 is 5.11 Å². The summed E-state index contributed by atoms with van der Waals surface area (Å²) in [5, 5.41) is 25.4. The van der Waals surface area contributed by atoms with Gasteiger partial charge in [-0.2, -0.15) is 0 Å². The van der Waals surface area contributed by atoms with Crippen molar-refractivity contribution in [1.29, 1.82) is 0 Å². The quantitative estimate of drug-likeness (QED) is 0.125. The summed E-state index contributed by atoms with van der Waals surface area (Å²) in [7, 11) is 0. The molecule has 10 heteroatoms. The molecule has 1 heterocycles. The Hall–Kier alpha value is -3.39. The first-order valence-corrected chi connectivity index (χ1v) is 8.82. The van der Waals surface area contributed by atoms with E-state index in [1.165, 1.54) is 6.07 Å². The lowest BCUT2D eigenvalue weighted by molar-refractivity contribution is -0.385. The molecule has 1 aromatic carbocycles. The summed E-state index contributed by atoms with van der Waals surface area (Å²) >= 11 is 0. The van der Waals surface area contributed by atoms with Gasteiger partial charge in [0.15, 0.2) is 5.69 Å². The number of nitrogens with zero attached hydrogens (tertiary/aromatic N) is 3. The number of hydrogen-bond donors (Lipinski definition) is 2. The zero-order valence-electron chi connectivity index (χ0n) is 15.4. The van der Waals surface area contributed by atoms with Crippen LogP contribution < -0.4 is 5.32 Å². The molecule has 0 aromatic heterocycles. The van der Waals surface area contributed by atoms with Crippen LogP contribution in [0, 0.1) is 10.1 Å². The van der Waals surface area contributed by atoms with Crippen LogP contribution in [0.5, 0.6) is 0 Å². The van der Waals surface area contributed by atoms with E-state index in [-0.39, 0.29) is 23.9 Å². The molecule has 0 spiro atoms. The molecule has 1 aliphatic rings. The molecule has 0 atom stereocenters. The number of carboxylic acid groups (broad SMARTS) is 1. The number of rotatable bonds is 9. The monoisotopic (exact) mass is 391 g/mol. The highest BCUT2D eigenvalue weighted by Crippen LogP contribution is 2.26. The number of hydrogen-bond acceptors (Lipinski definition) is 6. The van der Waals surface area contributed by atoms with Gasteiger partial charge in [0, 0.05) is 35.7 Å². The molecule has 1 fully saturated rings. The summed E-state index contributed by atoms with van der Waals surface area (Å²) < 4.78 is 0. The Labute approximate surface area is 161 Å². The minimum atomic E-state index is -0.791. The van der Waals surface area contributed by atoms with E-state index in [1.54, 1.807) is 12.1 Å². The third kappa shape index (κ3) is 8.81. The molecule has 0 unspecified atom stereocenters. The van der Waals surface area contributed by atoms with Crippen LogP contribution in [-0.4, -0.2) is 39.3 Å². The molecule has 1 saturated heterocycles. The van der Waals surface area contributed by atoms with Crippen LogP contribution in [0.15, 0.2) is 23.3 Å². The van der Waals surface area contributed by atoms with E-state index >= 15 is 0 Å². The Kier molecular flexibility index (Phi) is 9.77. The zero-order valence-corrected chi connectivity index (χ0v) is 15.4. The van der Waals surface area contributed by atoms with Crippen LogP contribution in [-0.2, 0) is 20.8 Å². The molecule has 28 heavy (non-hydrogen) atoms. The molecule has 2 N–H and O–H groups in total. The van der Waals surface area contributed by atoms with Crippen LogP contribution >= 0.6 is 0 Å². The maximum Gasteiger partial charge on any atom is 0.303 e. The number of aliphatic carboxylic acids is 1. The van der Waals surface area contributed by atoms with E-state index < -0.39 is 10.9 Å². The molecule has 150 valence electrons. The molecule has 2 amide bonds. The highest BCUT2D eigenvalue weighted by molar-refractivity contribution is 6.01. The van der Waals surface area contributed by atoms with Crippen molar-refractivity contribution < 1.29 is 29.2 Å². The van der Waals surface area contributed by atoms with Crippen LogP contribution in [0.25, 0.3) is 0 Å². The highest BCUT2D eigenvalue weighted by atomic mass is 16.6. The second kappa shape index (κ2) is 12.1. The molecule has 0 aliphatic carbocycles. The fourth-order valence-electron chi connectivity index (χ4n) is 2.53. The number of nitro groups is 1. The summed E-state index contributed by atoms with van der Waals surface area (Å²) in [4.78, 5) is 44.6. The number of unbranched alkanes of at least 4 members (excludes halogenated alkanes) is 3. The van der Waals surface area contributed by atoms with Crippen molar-refractivity contribution in [2.45, 2.75) is 51.4 Å². The number of carbonyl (C=O) groups is 3. The van der Waals surface area contributed by atoms with E-state index in [4.69, 9.17) is 5.11 Å². The normalized spacial score (nSPS) is 12.4. The third-order valence-corrected chi connectivity index (χ3v) is 3.90. The van der Waals surface area contributed by atoms with Crippen molar-refractivity contribution in [2.24, 2.45) is 5.11 Å². The van der Waals surface area contributed by atoms with Crippen molar-refractivity contribution in [1.82, 2.24) is 5.32 Å². The predicted molar refractivity (Wildman–Crippen MR) is 99.4 cm³/mol. The first kappa shape index (κ1) is 22.7. The van der Waals surface area contributed by atoms with Crippen molar-refractivity contribution in [3.8, 4) is 0 Å². The number of nitrogens with one attached hydrogen (secondary N) is 1. The van der Waals surface area contributed by atoms with E-state index in [1.807, 2.05) is 0 Å². The van der Waals surface area contributed by atoms with Gasteiger partial charge in [0.1, 0.15) is 5.11 Å². The maximum absolute atomic E-state index is 11.0. The van der Waals surface area contributed by atoms with Gasteiger partial charge in [0.2, 0.25) is 11.8 Å². The lowest BCUT2D eigenvalue weighted by atomic mass is 10.0. The number of amides is 2. The number of imide groups is 1. The van der Waals surface area contributed by atoms with Gasteiger partial charge in [-0.1, -0.05) is 12.8 Å². The molecule has 0 saturated carbocycles. The lowest BCUT2D eigenvalue weighted by Crippen LogP contribution is -2.18. The van der Waals surface area contributed by atoms with Gasteiger partial charge in [-0.3, -0.25) is 29.8 Å². The third-order valence-electron chi connectivity index (χ3n) is 3.90. The minimum Gasteiger partial charge on any atom is -0.481 e. The molecular formula is C18H23N4O6+. The largest absolute Gasteiger partial charge is 0.481 e. The predicted octanol–water partition coefficient (Wildman–Crippen LogP) is 2.59. The van der Waals surface area contributed by atoms with Gasteiger partial charge >= 0.3 is 5.97 Å². The summed E-state index contributed by atoms with van der Waals surface area (Å²) in [6, 6.07) is 4.73. The smallest absolute Gasteiger partial charge is 0.303 e. The van der Waals surface area contributed by atoms with Gasteiger partial charge in [-0.25, -0.2) is 0 Å². The SMILES string of the molecule is C=[N+]=Nc1ccc(CCCCCCC(=O)O)c([N+](=O)[O-])c1.O=C1CCC(=O)N1. The van der Waals surface area contributed by atoms with Gasteiger partial charge in [-0.15, -0.1) is 0 Å². The lowest BCUT2D eigenvalue weighted by Gasteiger charge is -2.03. The summed E-state index contributed by atoms with van der Waals surface area (Å²) in [6.45, 7) is 3.22. The number of carbonyl (C=O) groups excluding carboxylic acids is 2.